The van der Waals surface area contributed by atoms with E-state index < -0.39 is 0 Å². The van der Waals surface area contributed by atoms with Crippen LogP contribution in [0, 0.1) is 6.92 Å². The fourth-order valence-electron chi connectivity index (χ4n) is 2.87. The highest BCUT2D eigenvalue weighted by Gasteiger charge is 2.32. The fraction of sp³-hybridized carbons (Fsp3) is 0.333. The molecule has 0 amide bonds. The van der Waals surface area contributed by atoms with Gasteiger partial charge in [-0.1, -0.05) is 16.8 Å². The number of nitrogens with zero attached hydrogens (tertiary/aromatic N) is 6. The summed E-state index contributed by atoms with van der Waals surface area (Å²) in [6, 6.07) is 3.94. The summed E-state index contributed by atoms with van der Waals surface area (Å²) in [6.45, 7) is 3.15. The zero-order valence-corrected chi connectivity index (χ0v) is 13.3. The lowest BCUT2D eigenvalue weighted by Crippen LogP contribution is -2.22. The Hall–Kier alpha value is -2.25. The Morgan fingerprint density at radius 2 is 2.09 bits per heavy atom. The number of pyridine rings is 1. The van der Waals surface area contributed by atoms with E-state index in [4.69, 9.17) is 16.3 Å². The molecule has 1 fully saturated rings. The van der Waals surface area contributed by atoms with Crippen LogP contribution in [0.1, 0.15) is 17.6 Å². The summed E-state index contributed by atoms with van der Waals surface area (Å²) in [5.41, 5.74) is 2.48. The number of halogens is 1. The van der Waals surface area contributed by atoms with Crippen LogP contribution in [0.2, 0.25) is 5.02 Å². The number of aryl methyl sites for hydroxylation is 1. The van der Waals surface area contributed by atoms with E-state index in [9.17, 15) is 0 Å². The Morgan fingerprint density at radius 3 is 2.83 bits per heavy atom. The predicted octanol–water partition coefficient (Wildman–Crippen LogP) is 2.31. The third kappa shape index (κ3) is 2.62. The Bertz CT molecular complexity index is 815. The molecule has 3 aromatic rings. The van der Waals surface area contributed by atoms with E-state index in [2.05, 4.69) is 20.4 Å². The normalized spacial score (nSPS) is 21.0. The van der Waals surface area contributed by atoms with Crippen LogP contribution in [0.3, 0.4) is 0 Å². The molecular weight excluding hydrogens is 316 g/mol. The maximum absolute atomic E-state index is 5.96. The molecule has 0 spiro atoms. The minimum atomic E-state index is 0.0590. The predicted molar refractivity (Wildman–Crippen MR) is 84.1 cm³/mol. The molecule has 0 unspecified atom stereocenters. The molecule has 118 valence electrons. The third-order valence-corrected chi connectivity index (χ3v) is 4.23. The Labute approximate surface area is 137 Å². The number of aromatic nitrogens is 6. The van der Waals surface area contributed by atoms with Gasteiger partial charge in [0.25, 0.3) is 0 Å². The number of rotatable bonds is 3. The van der Waals surface area contributed by atoms with E-state index in [0.29, 0.717) is 18.2 Å². The van der Waals surface area contributed by atoms with Crippen molar-refractivity contribution in [3.63, 3.8) is 0 Å². The monoisotopic (exact) mass is 330 g/mol. The molecule has 7 nitrogen and oxygen atoms in total. The van der Waals surface area contributed by atoms with E-state index in [-0.39, 0.29) is 12.1 Å². The van der Waals surface area contributed by atoms with E-state index in [1.54, 1.807) is 12.4 Å². The van der Waals surface area contributed by atoms with Gasteiger partial charge in [0.2, 0.25) is 0 Å². The minimum Gasteiger partial charge on any atom is -0.377 e. The van der Waals surface area contributed by atoms with Crippen LogP contribution >= 0.6 is 11.6 Å². The second-order valence-electron chi connectivity index (χ2n) is 5.56. The van der Waals surface area contributed by atoms with Crippen LogP contribution in [0.15, 0.2) is 36.9 Å². The molecule has 1 saturated heterocycles. The highest BCUT2D eigenvalue weighted by Crippen LogP contribution is 2.30. The van der Waals surface area contributed by atoms with Crippen LogP contribution in [-0.2, 0) is 4.74 Å². The first-order chi connectivity index (χ1) is 11.2. The first-order valence-corrected chi connectivity index (χ1v) is 7.71. The van der Waals surface area contributed by atoms with Crippen LogP contribution in [-0.4, -0.2) is 43.0 Å². The van der Waals surface area contributed by atoms with Gasteiger partial charge in [0.05, 0.1) is 36.2 Å². The summed E-state index contributed by atoms with van der Waals surface area (Å²) in [5, 5.41) is 13.5. The van der Waals surface area contributed by atoms with Crippen molar-refractivity contribution in [1.29, 1.82) is 0 Å². The van der Waals surface area contributed by atoms with Crippen molar-refractivity contribution in [3.05, 3.63) is 47.5 Å². The van der Waals surface area contributed by atoms with Crippen molar-refractivity contribution in [2.45, 2.75) is 19.0 Å². The second kappa shape index (κ2) is 5.75. The van der Waals surface area contributed by atoms with E-state index in [0.717, 1.165) is 17.0 Å². The molecular formula is C15H15ClN6O. The quantitative estimate of drug-likeness (QED) is 0.737. The summed E-state index contributed by atoms with van der Waals surface area (Å²) < 4.78 is 9.37. The molecule has 0 saturated carbocycles. The van der Waals surface area contributed by atoms with Gasteiger partial charge in [-0.3, -0.25) is 9.67 Å². The number of ether oxygens (including phenoxy) is 1. The summed E-state index contributed by atoms with van der Waals surface area (Å²) in [6.07, 6.45) is 7.23. The second-order valence-corrected chi connectivity index (χ2v) is 6.00. The zero-order valence-electron chi connectivity index (χ0n) is 12.5. The van der Waals surface area contributed by atoms with Crippen LogP contribution in [0.25, 0.3) is 11.4 Å². The lowest BCUT2D eigenvalue weighted by Gasteiger charge is -2.17. The van der Waals surface area contributed by atoms with Gasteiger partial charge in [-0.15, -0.1) is 5.10 Å². The lowest BCUT2D eigenvalue weighted by molar-refractivity contribution is 0.179. The first kappa shape index (κ1) is 14.3. The van der Waals surface area contributed by atoms with Gasteiger partial charge in [0.1, 0.15) is 11.7 Å². The molecule has 0 radical (unpaired) electrons. The highest BCUT2D eigenvalue weighted by atomic mass is 35.5. The minimum absolute atomic E-state index is 0.0590. The summed E-state index contributed by atoms with van der Waals surface area (Å²) in [5.74, 6) is 0. The average molecular weight is 331 g/mol. The van der Waals surface area contributed by atoms with Crippen LogP contribution in [0.5, 0.6) is 0 Å². The SMILES string of the molecule is Cc1cc(Cl)cnc1-c1cn([C@@H]2COC[C@@H]2n2cccn2)nn1. The first-order valence-electron chi connectivity index (χ1n) is 7.33. The molecule has 4 rings (SSSR count). The maximum atomic E-state index is 5.96. The third-order valence-electron chi connectivity index (χ3n) is 4.02. The molecule has 8 heteroatoms. The van der Waals surface area contributed by atoms with Gasteiger partial charge in [-0.25, -0.2) is 4.68 Å². The molecule has 0 aliphatic carbocycles. The standard InChI is InChI=1S/C15H15ClN6O/c1-10-5-11(16)6-17-15(10)12-7-22(20-19-12)14-9-23-8-13(14)21-4-2-3-18-21/h2-7,13-14H,8-9H2,1H3/t13-,14+/m0/s1. The van der Waals surface area contributed by atoms with Gasteiger partial charge >= 0.3 is 0 Å². The highest BCUT2D eigenvalue weighted by molar-refractivity contribution is 6.30. The summed E-state index contributed by atoms with van der Waals surface area (Å²) in [7, 11) is 0. The zero-order chi connectivity index (χ0) is 15.8. The van der Waals surface area contributed by atoms with Gasteiger partial charge in [-0.05, 0) is 24.6 Å². The van der Waals surface area contributed by atoms with Crippen molar-refractivity contribution in [2.75, 3.05) is 13.2 Å². The molecule has 23 heavy (non-hydrogen) atoms. The van der Waals surface area contributed by atoms with Gasteiger partial charge in [-0.2, -0.15) is 5.10 Å². The molecule has 2 atom stereocenters. The smallest absolute Gasteiger partial charge is 0.131 e. The molecule has 1 aliphatic heterocycles. The van der Waals surface area contributed by atoms with Crippen LogP contribution in [0.4, 0.5) is 0 Å². The Balaban J connectivity index is 1.65. The van der Waals surface area contributed by atoms with Gasteiger partial charge in [0.15, 0.2) is 0 Å². The van der Waals surface area contributed by atoms with E-state index in [1.165, 1.54) is 0 Å². The van der Waals surface area contributed by atoms with Gasteiger partial charge < -0.3 is 4.74 Å². The van der Waals surface area contributed by atoms with Crippen molar-refractivity contribution in [3.8, 4) is 11.4 Å². The van der Waals surface area contributed by atoms with E-state index >= 15 is 0 Å². The molecule has 4 heterocycles. The van der Waals surface area contributed by atoms with Crippen LogP contribution < -0.4 is 0 Å². The number of hydrogen-bond donors (Lipinski definition) is 0. The number of hydrogen-bond acceptors (Lipinski definition) is 5. The molecule has 0 aromatic carbocycles. The molecule has 0 N–H and O–H groups in total. The molecule has 0 bridgehead atoms. The fourth-order valence-corrected chi connectivity index (χ4v) is 3.08. The van der Waals surface area contributed by atoms with E-state index in [1.807, 2.05) is 40.8 Å². The largest absolute Gasteiger partial charge is 0.377 e. The van der Waals surface area contributed by atoms with Crippen molar-refractivity contribution < 1.29 is 4.74 Å². The average Bonchev–Trinajstić information content (AvgIpc) is 3.27. The van der Waals surface area contributed by atoms with Gasteiger partial charge in [0, 0.05) is 18.6 Å². The molecule has 1 aliphatic rings. The topological polar surface area (TPSA) is 70.7 Å². The maximum Gasteiger partial charge on any atom is 0.131 e. The Morgan fingerprint density at radius 1 is 1.26 bits per heavy atom. The Kier molecular flexibility index (Phi) is 3.59. The van der Waals surface area contributed by atoms with Crippen molar-refractivity contribution in [1.82, 2.24) is 29.8 Å². The lowest BCUT2D eigenvalue weighted by atomic mass is 10.1. The summed E-state index contributed by atoms with van der Waals surface area (Å²) >= 11 is 5.96. The summed E-state index contributed by atoms with van der Waals surface area (Å²) in [4.78, 5) is 4.36. The molecule has 3 aromatic heterocycles. The van der Waals surface area contributed by atoms with Crippen molar-refractivity contribution in [2.24, 2.45) is 0 Å². The van der Waals surface area contributed by atoms with Crippen molar-refractivity contribution >= 4 is 11.6 Å².